The van der Waals surface area contributed by atoms with Gasteiger partial charge in [0.2, 0.25) is 5.67 Å². The van der Waals surface area contributed by atoms with Crippen LogP contribution in [0.1, 0.15) is 43.2 Å². The van der Waals surface area contributed by atoms with Crippen LogP contribution in [0.4, 0.5) is 4.39 Å². The van der Waals surface area contributed by atoms with Crippen molar-refractivity contribution in [2.24, 2.45) is 0 Å². The largest absolute Gasteiger partial charge is 0.480 e. The standard InChI is InChI=1S/C27H36FN3O5/c28-27(10-4-2-1-3-5-11-27)24(32)18-22-6-8-23(9-7-22)19-29-12-14-30(20-25(33)34)16-17-31(15-13-29)21-26(35)36/h6-9H,1-4,10,12-21H2,(H,33,34)(H,35,36). The molecule has 2 aliphatic rings. The predicted octanol–water partition coefficient (Wildman–Crippen LogP) is 2.06. The van der Waals surface area contributed by atoms with E-state index in [4.69, 9.17) is 0 Å². The number of rotatable bonds is 9. The number of halogens is 1. The maximum Gasteiger partial charge on any atom is 0.317 e. The molecule has 1 unspecified atom stereocenters. The van der Waals surface area contributed by atoms with Gasteiger partial charge >= 0.3 is 11.9 Å². The highest BCUT2D eigenvalue weighted by molar-refractivity contribution is 5.92. The number of carbonyl (C=O) groups is 3. The van der Waals surface area contributed by atoms with Crippen molar-refractivity contribution in [3.63, 3.8) is 0 Å². The molecule has 0 spiro atoms. The summed E-state index contributed by atoms with van der Waals surface area (Å²) in [5.41, 5.74) is -0.304. The van der Waals surface area contributed by atoms with E-state index in [0.717, 1.165) is 24.0 Å². The van der Waals surface area contributed by atoms with Crippen molar-refractivity contribution in [3.05, 3.63) is 35.4 Å². The Balaban J connectivity index is 1.62. The second kappa shape index (κ2) is 13.5. The van der Waals surface area contributed by atoms with Gasteiger partial charge in [0.1, 0.15) is 0 Å². The van der Waals surface area contributed by atoms with Crippen molar-refractivity contribution in [3.8, 4) is 11.8 Å². The average molecular weight is 502 g/mol. The highest BCUT2D eigenvalue weighted by atomic mass is 19.1. The summed E-state index contributed by atoms with van der Waals surface area (Å²) in [6, 6.07) is 7.54. The van der Waals surface area contributed by atoms with Gasteiger partial charge in [0.15, 0.2) is 5.78 Å². The molecule has 0 amide bonds. The molecule has 1 heterocycles. The number of alkyl halides is 1. The summed E-state index contributed by atoms with van der Waals surface area (Å²) in [6.45, 7) is 3.87. The fraction of sp³-hybridized carbons (Fsp3) is 0.593. The molecule has 1 fully saturated rings. The van der Waals surface area contributed by atoms with Crippen LogP contribution in [0.5, 0.6) is 0 Å². The lowest BCUT2D eigenvalue weighted by molar-refractivity contribution is -0.140. The second-order valence-electron chi connectivity index (χ2n) is 9.70. The van der Waals surface area contributed by atoms with E-state index in [1.807, 2.05) is 34.1 Å². The number of nitrogens with zero attached hydrogens (tertiary/aromatic N) is 3. The fourth-order valence-corrected chi connectivity index (χ4v) is 4.62. The number of ketones is 1. The lowest BCUT2D eigenvalue weighted by Gasteiger charge is -2.25. The summed E-state index contributed by atoms with van der Waals surface area (Å²) in [6.07, 6.45) is 3.30. The first-order chi connectivity index (χ1) is 17.2. The topological polar surface area (TPSA) is 101 Å². The first kappa shape index (κ1) is 27.8. The molecule has 3 rings (SSSR count). The van der Waals surface area contributed by atoms with E-state index >= 15 is 4.39 Å². The molecule has 0 bridgehead atoms. The molecule has 1 aliphatic heterocycles. The fourth-order valence-electron chi connectivity index (χ4n) is 4.62. The first-order valence-electron chi connectivity index (χ1n) is 12.6. The summed E-state index contributed by atoms with van der Waals surface area (Å²) in [7, 11) is 0. The molecular formula is C27H36FN3O5. The molecule has 2 N–H and O–H groups in total. The van der Waals surface area contributed by atoms with Gasteiger partial charge < -0.3 is 10.2 Å². The first-order valence-corrected chi connectivity index (χ1v) is 12.6. The Kier molecular flexibility index (Phi) is 10.4. The maximum absolute atomic E-state index is 15.2. The highest BCUT2D eigenvalue weighted by Crippen LogP contribution is 2.25. The van der Waals surface area contributed by atoms with Gasteiger partial charge in [-0.3, -0.25) is 29.1 Å². The number of carboxylic acid groups (broad SMARTS) is 2. The molecule has 8 nitrogen and oxygen atoms in total. The van der Waals surface area contributed by atoms with Gasteiger partial charge in [-0.05, 0) is 24.0 Å². The van der Waals surface area contributed by atoms with E-state index in [0.29, 0.717) is 58.7 Å². The number of aliphatic carboxylic acids is 2. The SMILES string of the molecule is O=C(O)CN1CCN(CC(=O)O)CCN(Cc2ccc(CC(=O)C3(F)C#CCCCCC3)cc2)CC1. The van der Waals surface area contributed by atoms with Crippen molar-refractivity contribution in [1.82, 2.24) is 14.7 Å². The Hall–Kier alpha value is -2.80. The van der Waals surface area contributed by atoms with E-state index < -0.39 is 23.4 Å². The van der Waals surface area contributed by atoms with Gasteiger partial charge in [-0.25, -0.2) is 4.39 Å². The Bertz CT molecular complexity index is 946. The Morgan fingerprint density at radius 1 is 0.806 bits per heavy atom. The molecule has 0 aromatic heterocycles. The molecule has 196 valence electrons. The zero-order valence-electron chi connectivity index (χ0n) is 20.8. The van der Waals surface area contributed by atoms with Crippen LogP contribution in [-0.4, -0.2) is 101 Å². The quantitative estimate of drug-likeness (QED) is 0.496. The van der Waals surface area contributed by atoms with Crippen LogP contribution < -0.4 is 0 Å². The Labute approximate surface area is 212 Å². The van der Waals surface area contributed by atoms with E-state index in [-0.39, 0.29) is 25.9 Å². The summed E-state index contributed by atoms with van der Waals surface area (Å²) in [5.74, 6) is 3.10. The molecule has 9 heteroatoms. The molecule has 0 saturated carbocycles. The van der Waals surface area contributed by atoms with Crippen molar-refractivity contribution < 1.29 is 29.0 Å². The van der Waals surface area contributed by atoms with Gasteiger partial charge in [-0.15, -0.1) is 0 Å². The van der Waals surface area contributed by atoms with Crippen molar-refractivity contribution >= 4 is 17.7 Å². The van der Waals surface area contributed by atoms with Crippen LogP contribution in [0.15, 0.2) is 24.3 Å². The van der Waals surface area contributed by atoms with Gasteiger partial charge in [-0.2, -0.15) is 0 Å². The number of hydrogen-bond acceptors (Lipinski definition) is 6. The summed E-state index contributed by atoms with van der Waals surface area (Å²) in [4.78, 5) is 41.0. The predicted molar refractivity (Wildman–Crippen MR) is 133 cm³/mol. The van der Waals surface area contributed by atoms with E-state index in [2.05, 4.69) is 16.7 Å². The van der Waals surface area contributed by atoms with Crippen molar-refractivity contribution in [1.29, 1.82) is 0 Å². The van der Waals surface area contributed by atoms with E-state index in [1.54, 1.807) is 0 Å². The molecule has 1 aromatic rings. The summed E-state index contributed by atoms with van der Waals surface area (Å²) < 4.78 is 15.2. The molecule has 1 aromatic carbocycles. The third kappa shape index (κ3) is 9.01. The minimum Gasteiger partial charge on any atom is -0.480 e. The van der Waals surface area contributed by atoms with Gasteiger partial charge in [0.25, 0.3) is 0 Å². The zero-order chi connectivity index (χ0) is 26.0. The summed E-state index contributed by atoms with van der Waals surface area (Å²) in [5, 5.41) is 18.4. The molecule has 0 radical (unpaired) electrons. The lowest BCUT2D eigenvalue weighted by atomic mass is 9.88. The average Bonchev–Trinajstić information content (AvgIpc) is 2.89. The normalized spacial score (nSPS) is 22.7. The molecule has 1 atom stereocenters. The molecule has 1 aliphatic carbocycles. The molecule has 36 heavy (non-hydrogen) atoms. The number of carbonyl (C=O) groups excluding carboxylic acids is 1. The van der Waals surface area contributed by atoms with Gasteiger partial charge in [0, 0.05) is 65.1 Å². The lowest BCUT2D eigenvalue weighted by Crippen LogP contribution is -2.40. The number of benzene rings is 1. The zero-order valence-corrected chi connectivity index (χ0v) is 20.8. The highest BCUT2D eigenvalue weighted by Gasteiger charge is 2.36. The van der Waals surface area contributed by atoms with Crippen LogP contribution in [0.2, 0.25) is 0 Å². The van der Waals surface area contributed by atoms with Crippen LogP contribution in [-0.2, 0) is 27.3 Å². The number of hydrogen-bond donors (Lipinski definition) is 2. The monoisotopic (exact) mass is 501 g/mol. The van der Waals surface area contributed by atoms with Gasteiger partial charge in [0.05, 0.1) is 13.1 Å². The van der Waals surface area contributed by atoms with Gasteiger partial charge in [-0.1, -0.05) is 42.5 Å². The van der Waals surface area contributed by atoms with E-state index in [1.165, 1.54) is 0 Å². The maximum atomic E-state index is 15.2. The minimum atomic E-state index is -2.06. The Morgan fingerprint density at radius 2 is 1.33 bits per heavy atom. The number of carboxylic acids is 2. The molecule has 1 saturated heterocycles. The van der Waals surface area contributed by atoms with Crippen molar-refractivity contribution in [2.45, 2.75) is 50.7 Å². The van der Waals surface area contributed by atoms with Crippen LogP contribution in [0.3, 0.4) is 0 Å². The third-order valence-corrected chi connectivity index (χ3v) is 6.76. The summed E-state index contributed by atoms with van der Waals surface area (Å²) >= 11 is 0. The smallest absolute Gasteiger partial charge is 0.317 e. The molecular weight excluding hydrogens is 465 g/mol. The number of Topliss-reactive ketones (excluding diaryl/α,β-unsaturated/α-hetero) is 1. The van der Waals surface area contributed by atoms with Crippen LogP contribution in [0, 0.1) is 11.8 Å². The van der Waals surface area contributed by atoms with Crippen molar-refractivity contribution in [2.75, 3.05) is 52.4 Å². The second-order valence-corrected chi connectivity index (χ2v) is 9.70. The minimum absolute atomic E-state index is 0.00344. The third-order valence-electron chi connectivity index (χ3n) is 6.76. The van der Waals surface area contributed by atoms with E-state index in [9.17, 15) is 24.6 Å². The van der Waals surface area contributed by atoms with Crippen LogP contribution >= 0.6 is 0 Å². The Morgan fingerprint density at radius 3 is 1.89 bits per heavy atom. The van der Waals surface area contributed by atoms with Crippen LogP contribution in [0.25, 0.3) is 0 Å².